The Morgan fingerprint density at radius 1 is 1.19 bits per heavy atom. The molecule has 1 aromatic carbocycles. The summed E-state index contributed by atoms with van der Waals surface area (Å²) in [5, 5.41) is 3.68. The number of hydrogen-bond donors (Lipinski definition) is 1. The maximum absolute atomic E-state index is 12.1. The molecule has 1 heterocycles. The molecule has 0 aliphatic heterocycles. The van der Waals surface area contributed by atoms with Crippen molar-refractivity contribution in [2.75, 3.05) is 13.7 Å². The maximum Gasteiger partial charge on any atom is 0.305 e. The number of furan rings is 1. The van der Waals surface area contributed by atoms with E-state index in [-0.39, 0.29) is 11.9 Å². The predicted octanol–water partition coefficient (Wildman–Crippen LogP) is 2.90. The number of para-hydroxylation sites is 1. The SMILES string of the molecule is COC(=O)CCCCCNC(=O)c1coc2ccccc12. The normalized spacial score (nSPS) is 10.5. The van der Waals surface area contributed by atoms with E-state index in [1.54, 1.807) is 0 Å². The maximum atomic E-state index is 12.1. The van der Waals surface area contributed by atoms with Gasteiger partial charge in [-0.3, -0.25) is 9.59 Å². The van der Waals surface area contributed by atoms with Gasteiger partial charge in [-0.05, 0) is 18.9 Å². The lowest BCUT2D eigenvalue weighted by atomic mass is 10.1. The van der Waals surface area contributed by atoms with Crippen LogP contribution in [0.1, 0.15) is 36.0 Å². The third kappa shape index (κ3) is 4.08. The van der Waals surface area contributed by atoms with E-state index in [0.29, 0.717) is 24.1 Å². The van der Waals surface area contributed by atoms with Gasteiger partial charge >= 0.3 is 5.97 Å². The fraction of sp³-hybridized carbons (Fsp3) is 0.375. The summed E-state index contributed by atoms with van der Waals surface area (Å²) in [6.07, 6.45) is 4.39. The van der Waals surface area contributed by atoms with E-state index >= 15 is 0 Å². The van der Waals surface area contributed by atoms with Gasteiger partial charge in [0.2, 0.25) is 0 Å². The quantitative estimate of drug-likeness (QED) is 0.628. The fourth-order valence-electron chi connectivity index (χ4n) is 2.12. The van der Waals surface area contributed by atoms with Crippen LogP contribution in [0.2, 0.25) is 0 Å². The summed E-state index contributed by atoms with van der Waals surface area (Å²) in [5.41, 5.74) is 1.26. The molecule has 1 N–H and O–H groups in total. The number of methoxy groups -OCH3 is 1. The van der Waals surface area contributed by atoms with Crippen LogP contribution in [0, 0.1) is 0 Å². The van der Waals surface area contributed by atoms with Gasteiger partial charge in [-0.2, -0.15) is 0 Å². The highest BCUT2D eigenvalue weighted by molar-refractivity contribution is 6.05. The number of benzene rings is 1. The van der Waals surface area contributed by atoms with Crippen LogP contribution >= 0.6 is 0 Å². The molecular weight excluding hydrogens is 270 g/mol. The molecule has 0 aliphatic carbocycles. The second-order valence-corrected chi connectivity index (χ2v) is 4.79. The van der Waals surface area contributed by atoms with Crippen molar-refractivity contribution in [1.29, 1.82) is 0 Å². The fourth-order valence-corrected chi connectivity index (χ4v) is 2.12. The number of nitrogens with one attached hydrogen (secondary N) is 1. The first-order valence-corrected chi connectivity index (χ1v) is 7.03. The minimum atomic E-state index is -0.191. The molecule has 0 atom stereocenters. The van der Waals surface area contributed by atoms with Crippen molar-refractivity contribution < 1.29 is 18.7 Å². The van der Waals surface area contributed by atoms with Crippen LogP contribution in [-0.2, 0) is 9.53 Å². The predicted molar refractivity (Wildman–Crippen MR) is 79.0 cm³/mol. The molecular formula is C16H19NO4. The lowest BCUT2D eigenvalue weighted by molar-refractivity contribution is -0.140. The van der Waals surface area contributed by atoms with E-state index in [1.807, 2.05) is 24.3 Å². The summed E-state index contributed by atoms with van der Waals surface area (Å²) < 4.78 is 9.91. The van der Waals surface area contributed by atoms with Crippen molar-refractivity contribution in [3.63, 3.8) is 0 Å². The molecule has 0 fully saturated rings. The summed E-state index contributed by atoms with van der Waals surface area (Å²) in [6.45, 7) is 0.583. The zero-order chi connectivity index (χ0) is 15.1. The van der Waals surface area contributed by atoms with Crippen molar-refractivity contribution in [3.8, 4) is 0 Å². The van der Waals surface area contributed by atoms with E-state index < -0.39 is 0 Å². The van der Waals surface area contributed by atoms with Gasteiger partial charge in [0.05, 0.1) is 12.7 Å². The molecule has 21 heavy (non-hydrogen) atoms. The van der Waals surface area contributed by atoms with E-state index in [4.69, 9.17) is 4.42 Å². The second kappa shape index (κ2) is 7.47. The second-order valence-electron chi connectivity index (χ2n) is 4.79. The van der Waals surface area contributed by atoms with Crippen LogP contribution in [0.25, 0.3) is 11.0 Å². The number of amides is 1. The van der Waals surface area contributed by atoms with Gasteiger partial charge in [-0.15, -0.1) is 0 Å². The average molecular weight is 289 g/mol. The molecule has 0 radical (unpaired) electrons. The summed E-state index contributed by atoms with van der Waals surface area (Å²) in [7, 11) is 1.39. The smallest absolute Gasteiger partial charge is 0.305 e. The lowest BCUT2D eigenvalue weighted by Crippen LogP contribution is -2.24. The van der Waals surface area contributed by atoms with E-state index in [9.17, 15) is 9.59 Å². The molecule has 5 heteroatoms. The molecule has 2 aromatic rings. The highest BCUT2D eigenvalue weighted by Crippen LogP contribution is 2.20. The van der Waals surface area contributed by atoms with Gasteiger partial charge in [-0.1, -0.05) is 24.6 Å². The molecule has 1 aromatic heterocycles. The molecule has 1 amide bonds. The third-order valence-corrected chi connectivity index (χ3v) is 3.30. The number of esters is 1. The van der Waals surface area contributed by atoms with Crippen LogP contribution in [-0.4, -0.2) is 25.5 Å². The average Bonchev–Trinajstić information content (AvgIpc) is 2.94. The van der Waals surface area contributed by atoms with E-state index in [0.717, 1.165) is 24.6 Å². The van der Waals surface area contributed by atoms with Gasteiger partial charge in [0, 0.05) is 18.4 Å². The number of ether oxygens (including phenoxy) is 1. The zero-order valence-electron chi connectivity index (χ0n) is 12.1. The molecule has 0 unspecified atom stereocenters. The number of hydrogen-bond acceptors (Lipinski definition) is 4. The first kappa shape index (κ1) is 15.1. The molecule has 0 aliphatic rings. The van der Waals surface area contributed by atoms with Gasteiger partial charge in [-0.25, -0.2) is 0 Å². The Balaban J connectivity index is 1.74. The molecule has 0 saturated heterocycles. The Labute approximate surface area is 123 Å². The number of carbonyl (C=O) groups is 2. The summed E-state index contributed by atoms with van der Waals surface area (Å²) in [6, 6.07) is 7.44. The lowest BCUT2D eigenvalue weighted by Gasteiger charge is -2.04. The van der Waals surface area contributed by atoms with Gasteiger partial charge in [0.25, 0.3) is 5.91 Å². The molecule has 2 rings (SSSR count). The topological polar surface area (TPSA) is 68.5 Å². The Morgan fingerprint density at radius 2 is 2.00 bits per heavy atom. The number of unbranched alkanes of at least 4 members (excludes halogenated alkanes) is 2. The summed E-state index contributed by atoms with van der Waals surface area (Å²) in [4.78, 5) is 23.0. The molecule has 112 valence electrons. The zero-order valence-corrected chi connectivity index (χ0v) is 12.1. The van der Waals surface area contributed by atoms with E-state index in [1.165, 1.54) is 13.4 Å². The van der Waals surface area contributed by atoms with Gasteiger partial charge in [0.15, 0.2) is 0 Å². The Bertz CT molecular complexity index is 618. The molecule has 0 saturated carbocycles. The first-order chi connectivity index (χ1) is 10.2. The number of rotatable bonds is 7. The van der Waals surface area contributed by atoms with Crippen molar-refractivity contribution in [2.24, 2.45) is 0 Å². The van der Waals surface area contributed by atoms with Gasteiger partial charge < -0.3 is 14.5 Å². The third-order valence-electron chi connectivity index (χ3n) is 3.30. The van der Waals surface area contributed by atoms with Crippen molar-refractivity contribution in [1.82, 2.24) is 5.32 Å². The number of carbonyl (C=O) groups excluding carboxylic acids is 2. The molecule has 0 spiro atoms. The largest absolute Gasteiger partial charge is 0.469 e. The van der Waals surface area contributed by atoms with Crippen molar-refractivity contribution in [3.05, 3.63) is 36.1 Å². The van der Waals surface area contributed by atoms with Crippen molar-refractivity contribution in [2.45, 2.75) is 25.7 Å². The standard InChI is InChI=1S/C16H19NO4/c1-20-15(18)9-3-2-6-10-17-16(19)13-11-21-14-8-5-4-7-12(13)14/h4-5,7-8,11H,2-3,6,9-10H2,1H3,(H,17,19). The first-order valence-electron chi connectivity index (χ1n) is 7.03. The minimum absolute atomic E-state index is 0.132. The Hall–Kier alpha value is -2.30. The van der Waals surface area contributed by atoms with Crippen LogP contribution < -0.4 is 5.32 Å². The Kier molecular flexibility index (Phi) is 5.37. The van der Waals surface area contributed by atoms with Crippen LogP contribution in [0.3, 0.4) is 0 Å². The van der Waals surface area contributed by atoms with Crippen molar-refractivity contribution >= 4 is 22.8 Å². The minimum Gasteiger partial charge on any atom is -0.469 e. The Morgan fingerprint density at radius 3 is 2.81 bits per heavy atom. The molecule has 0 bridgehead atoms. The number of fused-ring (bicyclic) bond motifs is 1. The van der Waals surface area contributed by atoms with E-state index in [2.05, 4.69) is 10.1 Å². The van der Waals surface area contributed by atoms with Crippen LogP contribution in [0.5, 0.6) is 0 Å². The highest BCUT2D eigenvalue weighted by atomic mass is 16.5. The van der Waals surface area contributed by atoms with Crippen LogP contribution in [0.4, 0.5) is 0 Å². The summed E-state index contributed by atoms with van der Waals surface area (Å²) in [5.74, 6) is -0.322. The molecule has 5 nitrogen and oxygen atoms in total. The monoisotopic (exact) mass is 289 g/mol. The summed E-state index contributed by atoms with van der Waals surface area (Å²) >= 11 is 0. The van der Waals surface area contributed by atoms with Crippen LogP contribution in [0.15, 0.2) is 34.9 Å². The van der Waals surface area contributed by atoms with Gasteiger partial charge in [0.1, 0.15) is 11.8 Å². The highest BCUT2D eigenvalue weighted by Gasteiger charge is 2.12.